The third kappa shape index (κ3) is 3.72. The van der Waals surface area contributed by atoms with Crippen molar-refractivity contribution < 1.29 is 14.1 Å². The molecular weight excluding hydrogens is 382 g/mol. The highest BCUT2D eigenvalue weighted by atomic mass is 16.5. The second-order valence-corrected chi connectivity index (χ2v) is 7.79. The molecule has 1 aromatic carbocycles. The molecule has 8 heteroatoms. The van der Waals surface area contributed by atoms with Crippen molar-refractivity contribution in [1.82, 2.24) is 24.7 Å². The summed E-state index contributed by atoms with van der Waals surface area (Å²) in [5, 5.41) is 9.43. The molecule has 30 heavy (non-hydrogen) atoms. The first-order valence-corrected chi connectivity index (χ1v) is 10.2. The topological polar surface area (TPSA) is 85.8 Å². The Labute approximate surface area is 173 Å². The van der Waals surface area contributed by atoms with E-state index in [0.29, 0.717) is 29.7 Å². The van der Waals surface area contributed by atoms with Gasteiger partial charge >= 0.3 is 0 Å². The lowest BCUT2D eigenvalue weighted by Gasteiger charge is -2.31. The number of benzene rings is 1. The van der Waals surface area contributed by atoms with Gasteiger partial charge in [-0.05, 0) is 43.9 Å². The molecule has 5 rings (SSSR count). The molecule has 3 aromatic heterocycles. The number of aromatic nitrogens is 4. The summed E-state index contributed by atoms with van der Waals surface area (Å²) in [4.78, 5) is 19.0. The maximum atomic E-state index is 12.7. The molecule has 4 aromatic rings. The average Bonchev–Trinajstić information content (AvgIpc) is 3.34. The fraction of sp³-hybridized carbons (Fsp3) is 0.364. The Balaban J connectivity index is 1.13. The lowest BCUT2D eigenvalue weighted by molar-refractivity contribution is -0.132. The normalized spacial score (nSPS) is 15.2. The van der Waals surface area contributed by atoms with Crippen LogP contribution in [0.15, 0.2) is 47.1 Å². The summed E-state index contributed by atoms with van der Waals surface area (Å²) in [5.74, 6) is 1.09. The molecule has 0 unspecified atom stereocenters. The molecule has 1 aliphatic rings. The highest BCUT2D eigenvalue weighted by Gasteiger charge is 2.24. The predicted molar refractivity (Wildman–Crippen MR) is 110 cm³/mol. The van der Waals surface area contributed by atoms with Gasteiger partial charge in [0.25, 0.3) is 0 Å². The molecule has 4 heterocycles. The van der Waals surface area contributed by atoms with Crippen LogP contribution in [0.25, 0.3) is 16.6 Å². The second kappa shape index (κ2) is 7.78. The molecule has 0 spiro atoms. The molecular formula is C22H23N5O3. The third-order valence-corrected chi connectivity index (χ3v) is 5.62. The van der Waals surface area contributed by atoms with Gasteiger partial charge in [-0.25, -0.2) is 9.50 Å². The third-order valence-electron chi connectivity index (χ3n) is 5.62. The molecule has 1 amide bonds. The van der Waals surface area contributed by atoms with E-state index in [9.17, 15) is 4.79 Å². The molecule has 0 aliphatic carbocycles. The van der Waals surface area contributed by atoms with Gasteiger partial charge in [-0.1, -0.05) is 17.3 Å². The predicted octanol–water partition coefficient (Wildman–Crippen LogP) is 3.04. The van der Waals surface area contributed by atoms with Crippen molar-refractivity contribution >= 4 is 22.5 Å². The molecule has 0 saturated carbocycles. The molecule has 1 saturated heterocycles. The first-order valence-electron chi connectivity index (χ1n) is 10.2. The zero-order valence-electron chi connectivity index (χ0n) is 16.8. The van der Waals surface area contributed by atoms with E-state index >= 15 is 0 Å². The number of para-hydroxylation sites is 1. The van der Waals surface area contributed by atoms with Crippen LogP contribution >= 0.6 is 0 Å². The Bertz CT molecular complexity index is 1190. The summed E-state index contributed by atoms with van der Waals surface area (Å²) in [6, 6.07) is 11.4. The van der Waals surface area contributed by atoms with Gasteiger partial charge in [-0.2, -0.15) is 0 Å². The summed E-state index contributed by atoms with van der Waals surface area (Å²) >= 11 is 0. The largest absolute Gasteiger partial charge is 0.476 e. The smallest absolute Gasteiger partial charge is 0.231 e. The van der Waals surface area contributed by atoms with Gasteiger partial charge < -0.3 is 14.2 Å². The minimum Gasteiger partial charge on any atom is -0.476 e. The van der Waals surface area contributed by atoms with Gasteiger partial charge in [0.15, 0.2) is 11.2 Å². The summed E-state index contributed by atoms with van der Waals surface area (Å²) in [6.45, 7) is 4.00. The Kier molecular flexibility index (Phi) is 4.82. The van der Waals surface area contributed by atoms with Crippen LogP contribution in [0.3, 0.4) is 0 Å². The minimum absolute atomic E-state index is 0.0935. The lowest BCUT2D eigenvalue weighted by Crippen LogP contribution is -2.40. The van der Waals surface area contributed by atoms with Gasteiger partial charge in [-0.3, -0.25) is 4.79 Å². The van der Waals surface area contributed by atoms with Crippen LogP contribution in [0.2, 0.25) is 0 Å². The SMILES string of the molecule is Cc1cn2nc(OCC3CCN(C(=O)Cc4noc5ccccc45)CC3)ccc2n1. The van der Waals surface area contributed by atoms with E-state index in [4.69, 9.17) is 9.26 Å². The zero-order valence-corrected chi connectivity index (χ0v) is 16.8. The van der Waals surface area contributed by atoms with E-state index in [1.54, 1.807) is 4.52 Å². The van der Waals surface area contributed by atoms with Gasteiger partial charge in [-0.15, -0.1) is 5.10 Å². The number of piperidine rings is 1. The summed E-state index contributed by atoms with van der Waals surface area (Å²) in [5.41, 5.74) is 3.16. The molecule has 1 fully saturated rings. The van der Waals surface area contributed by atoms with Gasteiger partial charge in [0.2, 0.25) is 11.8 Å². The summed E-state index contributed by atoms with van der Waals surface area (Å²) in [6.07, 6.45) is 3.98. The number of hydrogen-bond donors (Lipinski definition) is 0. The minimum atomic E-state index is 0.0935. The highest BCUT2D eigenvalue weighted by molar-refractivity contribution is 5.86. The second-order valence-electron chi connectivity index (χ2n) is 7.79. The van der Waals surface area contributed by atoms with Crippen LogP contribution in [-0.2, 0) is 11.2 Å². The quantitative estimate of drug-likeness (QED) is 0.507. The molecule has 0 bridgehead atoms. The number of carbonyl (C=O) groups excluding carboxylic acids is 1. The van der Waals surface area contributed by atoms with Crippen LogP contribution in [0.4, 0.5) is 0 Å². The van der Waals surface area contributed by atoms with Gasteiger partial charge in [0, 0.05) is 24.5 Å². The Morgan fingerprint density at radius 2 is 2.03 bits per heavy atom. The van der Waals surface area contributed by atoms with Crippen LogP contribution in [0.5, 0.6) is 5.88 Å². The molecule has 0 atom stereocenters. The Hall–Kier alpha value is -3.42. The van der Waals surface area contributed by atoms with Crippen LogP contribution in [0.1, 0.15) is 24.2 Å². The number of nitrogens with zero attached hydrogens (tertiary/aromatic N) is 5. The van der Waals surface area contributed by atoms with Crippen LogP contribution < -0.4 is 4.74 Å². The molecule has 0 radical (unpaired) electrons. The maximum absolute atomic E-state index is 12.7. The van der Waals surface area contributed by atoms with Crippen molar-refractivity contribution in [3.05, 3.63) is 54.0 Å². The van der Waals surface area contributed by atoms with Crippen molar-refractivity contribution in [2.75, 3.05) is 19.7 Å². The Morgan fingerprint density at radius 1 is 1.20 bits per heavy atom. The van der Waals surface area contributed by atoms with Crippen molar-refractivity contribution in [2.45, 2.75) is 26.2 Å². The van der Waals surface area contributed by atoms with Crippen LogP contribution in [-0.4, -0.2) is 50.3 Å². The van der Waals surface area contributed by atoms with Crippen molar-refractivity contribution in [3.63, 3.8) is 0 Å². The van der Waals surface area contributed by atoms with E-state index in [1.165, 1.54) is 0 Å². The van der Waals surface area contributed by atoms with Gasteiger partial charge in [0.05, 0.1) is 24.9 Å². The fourth-order valence-corrected chi connectivity index (χ4v) is 3.93. The lowest BCUT2D eigenvalue weighted by atomic mass is 9.97. The van der Waals surface area contributed by atoms with E-state index in [-0.39, 0.29) is 12.3 Å². The zero-order chi connectivity index (χ0) is 20.5. The summed E-state index contributed by atoms with van der Waals surface area (Å²) in [7, 11) is 0. The molecule has 0 N–H and O–H groups in total. The number of amides is 1. The maximum Gasteiger partial charge on any atom is 0.231 e. The van der Waals surface area contributed by atoms with Crippen molar-refractivity contribution in [1.29, 1.82) is 0 Å². The van der Waals surface area contributed by atoms with E-state index < -0.39 is 0 Å². The number of hydrogen-bond acceptors (Lipinski definition) is 6. The average molecular weight is 405 g/mol. The number of imidazole rings is 1. The fourth-order valence-electron chi connectivity index (χ4n) is 3.93. The van der Waals surface area contributed by atoms with Crippen molar-refractivity contribution in [3.8, 4) is 5.88 Å². The first-order chi connectivity index (χ1) is 14.7. The van der Waals surface area contributed by atoms with Crippen molar-refractivity contribution in [2.24, 2.45) is 5.92 Å². The van der Waals surface area contributed by atoms with E-state index in [2.05, 4.69) is 15.2 Å². The number of likely N-dealkylation sites (tertiary alicyclic amines) is 1. The number of carbonyl (C=O) groups is 1. The Morgan fingerprint density at radius 3 is 2.90 bits per heavy atom. The summed E-state index contributed by atoms with van der Waals surface area (Å²) < 4.78 is 12.9. The first kappa shape index (κ1) is 18.6. The number of fused-ring (bicyclic) bond motifs is 2. The number of ether oxygens (including phenoxy) is 1. The molecule has 8 nitrogen and oxygen atoms in total. The highest BCUT2D eigenvalue weighted by Crippen LogP contribution is 2.22. The monoisotopic (exact) mass is 405 g/mol. The van der Waals surface area contributed by atoms with E-state index in [0.717, 1.165) is 42.7 Å². The van der Waals surface area contributed by atoms with Gasteiger partial charge in [0.1, 0.15) is 5.69 Å². The molecule has 1 aliphatic heterocycles. The molecule has 154 valence electrons. The standard InChI is InChI=1S/C22H23N5O3/c1-15-13-27-20(23-15)6-7-21(24-27)29-14-16-8-10-26(11-9-16)22(28)12-18-17-4-2-3-5-19(17)30-25-18/h2-7,13,16H,8-12,14H2,1H3. The number of rotatable bonds is 5. The number of aryl methyl sites for hydroxylation is 1. The van der Waals surface area contributed by atoms with Crippen LogP contribution in [0, 0.1) is 12.8 Å². The van der Waals surface area contributed by atoms with E-state index in [1.807, 2.05) is 54.4 Å².